The fraction of sp³-hybridized carbons (Fsp3) is 0.654. The van der Waals surface area contributed by atoms with Gasteiger partial charge in [-0.25, -0.2) is 0 Å². The van der Waals surface area contributed by atoms with Crippen LogP contribution in [0.15, 0.2) is 52.8 Å². The molecule has 0 aliphatic carbocycles. The largest absolute Gasteiger partial charge is 0.359 e. The number of nitrogens with zero attached hydrogens (tertiary/aromatic N) is 1. The van der Waals surface area contributed by atoms with Gasteiger partial charge in [0, 0.05) is 22.7 Å². The van der Waals surface area contributed by atoms with Gasteiger partial charge in [-0.3, -0.25) is 4.99 Å². The van der Waals surface area contributed by atoms with Gasteiger partial charge in [-0.2, -0.15) is 0 Å². The predicted octanol–water partition coefficient (Wildman–Crippen LogP) is 8.29. The summed E-state index contributed by atoms with van der Waals surface area (Å²) in [4.78, 5) is 5.13. The van der Waals surface area contributed by atoms with Gasteiger partial charge in [0.1, 0.15) is 0 Å². The number of rotatable bonds is 16. The molecule has 0 unspecified atom stereocenters. The summed E-state index contributed by atoms with van der Waals surface area (Å²) < 4.78 is 0. The molecule has 0 aromatic heterocycles. The molecule has 2 nitrogen and oxygen atoms in total. The summed E-state index contributed by atoms with van der Waals surface area (Å²) in [6, 6.07) is 0.406. The zero-order chi connectivity index (χ0) is 21.4. The molecule has 0 aromatic rings. The van der Waals surface area contributed by atoms with E-state index in [0.29, 0.717) is 6.04 Å². The minimum atomic E-state index is 0.406. The van der Waals surface area contributed by atoms with Crippen molar-refractivity contribution in [3.63, 3.8) is 0 Å². The smallest absolute Gasteiger partial charge is 0.0502 e. The molecule has 0 heterocycles. The standard InChI is InChI=1S/C26H46N2/c1-9-14-15-16-19-23(12-4)20-25(26(13-5)27-21(6)7)22(8)28-24(17-10-2)18-11-3/h13,20,24,27H,5-6,9-12,14-19H2,1-4,7-8H3/b23-20-,26-25?,28-22?. The average molecular weight is 387 g/mol. The van der Waals surface area contributed by atoms with Crippen LogP contribution < -0.4 is 5.32 Å². The second kappa shape index (κ2) is 16.4. The molecule has 0 rings (SSSR count). The van der Waals surface area contributed by atoms with E-state index in [9.17, 15) is 0 Å². The third-order valence-electron chi connectivity index (χ3n) is 5.01. The highest BCUT2D eigenvalue weighted by atomic mass is 14.9. The molecule has 0 amide bonds. The number of unbranched alkanes of at least 4 members (excludes halogenated alkanes) is 3. The molecule has 1 N–H and O–H groups in total. The van der Waals surface area contributed by atoms with Crippen molar-refractivity contribution in [2.24, 2.45) is 4.99 Å². The first kappa shape index (κ1) is 26.4. The Balaban J connectivity index is 5.91. The summed E-state index contributed by atoms with van der Waals surface area (Å²) in [6.45, 7) is 21.2. The van der Waals surface area contributed by atoms with Gasteiger partial charge in [0.15, 0.2) is 0 Å². The van der Waals surface area contributed by atoms with E-state index in [4.69, 9.17) is 4.99 Å². The fourth-order valence-corrected chi connectivity index (χ4v) is 3.45. The van der Waals surface area contributed by atoms with Gasteiger partial charge in [0.25, 0.3) is 0 Å². The van der Waals surface area contributed by atoms with Crippen molar-refractivity contribution in [2.45, 2.75) is 112 Å². The third-order valence-corrected chi connectivity index (χ3v) is 5.01. The van der Waals surface area contributed by atoms with E-state index in [2.05, 4.69) is 59.2 Å². The SMILES string of the molecule is C=CC(NC(=C)C)=C(/C=C(/CC)CCCCCC)C(C)=NC(CCC)CCC. The minimum Gasteiger partial charge on any atom is -0.359 e. The van der Waals surface area contributed by atoms with E-state index >= 15 is 0 Å². The summed E-state index contributed by atoms with van der Waals surface area (Å²) in [5, 5.41) is 3.40. The number of allylic oxidation sites excluding steroid dienone is 5. The molecule has 0 saturated heterocycles. The minimum absolute atomic E-state index is 0.406. The molecule has 0 bridgehead atoms. The third kappa shape index (κ3) is 11.3. The Kier molecular flexibility index (Phi) is 15.5. The maximum absolute atomic E-state index is 5.13. The Labute approximate surface area is 176 Å². The second-order valence-electron chi connectivity index (χ2n) is 7.85. The summed E-state index contributed by atoms with van der Waals surface area (Å²) >= 11 is 0. The lowest BCUT2D eigenvalue weighted by molar-refractivity contribution is 0.556. The van der Waals surface area contributed by atoms with Gasteiger partial charge in [-0.1, -0.05) is 84.6 Å². The lowest BCUT2D eigenvalue weighted by Crippen LogP contribution is -2.15. The van der Waals surface area contributed by atoms with Gasteiger partial charge in [0.05, 0.1) is 6.04 Å². The van der Waals surface area contributed by atoms with Crippen LogP contribution >= 0.6 is 0 Å². The van der Waals surface area contributed by atoms with Gasteiger partial charge < -0.3 is 5.32 Å². The lowest BCUT2D eigenvalue weighted by atomic mass is 9.98. The van der Waals surface area contributed by atoms with Crippen molar-refractivity contribution in [2.75, 3.05) is 0 Å². The molecule has 160 valence electrons. The van der Waals surface area contributed by atoms with Crippen LogP contribution in [-0.2, 0) is 0 Å². The van der Waals surface area contributed by atoms with Gasteiger partial charge >= 0.3 is 0 Å². The molecular weight excluding hydrogens is 340 g/mol. The molecule has 0 aromatic carbocycles. The van der Waals surface area contributed by atoms with E-state index in [1.165, 1.54) is 49.7 Å². The van der Waals surface area contributed by atoms with E-state index in [1.54, 1.807) is 0 Å². The fourth-order valence-electron chi connectivity index (χ4n) is 3.45. The molecule has 0 aliphatic rings. The molecule has 0 atom stereocenters. The van der Waals surface area contributed by atoms with Crippen molar-refractivity contribution in [3.05, 3.63) is 47.9 Å². The van der Waals surface area contributed by atoms with Crippen LogP contribution in [0.25, 0.3) is 0 Å². The first-order chi connectivity index (χ1) is 13.4. The van der Waals surface area contributed by atoms with E-state index < -0.39 is 0 Å². The van der Waals surface area contributed by atoms with Crippen LogP contribution in [0.3, 0.4) is 0 Å². The van der Waals surface area contributed by atoms with Crippen molar-refractivity contribution in [1.82, 2.24) is 5.32 Å². The van der Waals surface area contributed by atoms with Crippen LogP contribution in [0.4, 0.5) is 0 Å². The summed E-state index contributed by atoms with van der Waals surface area (Å²) in [6.07, 6.45) is 16.3. The topological polar surface area (TPSA) is 24.4 Å². The van der Waals surface area contributed by atoms with E-state index in [1.807, 2.05) is 13.0 Å². The quantitative estimate of drug-likeness (QED) is 0.161. The zero-order valence-electron chi connectivity index (χ0n) is 19.7. The number of hydrogen-bond acceptors (Lipinski definition) is 2. The zero-order valence-corrected chi connectivity index (χ0v) is 19.7. The predicted molar refractivity (Wildman–Crippen MR) is 129 cm³/mol. The van der Waals surface area contributed by atoms with Crippen molar-refractivity contribution >= 4 is 5.71 Å². The molecule has 0 aliphatic heterocycles. The van der Waals surface area contributed by atoms with Gasteiger partial charge in [-0.15, -0.1) is 0 Å². The molecular formula is C26H46N2. The Morgan fingerprint density at radius 3 is 2.07 bits per heavy atom. The molecule has 28 heavy (non-hydrogen) atoms. The maximum Gasteiger partial charge on any atom is 0.0502 e. The highest BCUT2D eigenvalue weighted by molar-refractivity contribution is 6.02. The first-order valence-electron chi connectivity index (χ1n) is 11.5. The Morgan fingerprint density at radius 1 is 0.964 bits per heavy atom. The van der Waals surface area contributed by atoms with Gasteiger partial charge in [-0.05, 0) is 52.0 Å². The molecule has 0 radical (unpaired) electrons. The molecule has 2 heteroatoms. The average Bonchev–Trinajstić information content (AvgIpc) is 2.66. The monoisotopic (exact) mass is 386 g/mol. The molecule has 0 fully saturated rings. The Bertz CT molecular complexity index is 543. The first-order valence-corrected chi connectivity index (χ1v) is 11.5. The molecule has 0 saturated carbocycles. The second-order valence-corrected chi connectivity index (χ2v) is 7.85. The Morgan fingerprint density at radius 2 is 1.61 bits per heavy atom. The van der Waals surface area contributed by atoms with Crippen LogP contribution in [0.5, 0.6) is 0 Å². The van der Waals surface area contributed by atoms with Crippen molar-refractivity contribution < 1.29 is 0 Å². The molecule has 0 spiro atoms. The summed E-state index contributed by atoms with van der Waals surface area (Å²) in [7, 11) is 0. The van der Waals surface area contributed by atoms with Crippen LogP contribution in [0.2, 0.25) is 0 Å². The summed E-state index contributed by atoms with van der Waals surface area (Å²) in [5.41, 5.74) is 5.71. The Hall–Kier alpha value is -1.57. The highest BCUT2D eigenvalue weighted by Gasteiger charge is 2.11. The van der Waals surface area contributed by atoms with Crippen LogP contribution in [0.1, 0.15) is 106 Å². The number of hydrogen-bond donors (Lipinski definition) is 1. The van der Waals surface area contributed by atoms with Gasteiger partial charge in [0.2, 0.25) is 0 Å². The van der Waals surface area contributed by atoms with Crippen molar-refractivity contribution in [1.29, 1.82) is 0 Å². The normalized spacial score (nSPS) is 13.5. The van der Waals surface area contributed by atoms with Crippen molar-refractivity contribution in [3.8, 4) is 0 Å². The van der Waals surface area contributed by atoms with E-state index in [0.717, 1.165) is 42.8 Å². The highest BCUT2D eigenvalue weighted by Crippen LogP contribution is 2.20. The number of aliphatic imine (C=N–C) groups is 1. The number of nitrogens with one attached hydrogen (secondary N) is 1. The maximum atomic E-state index is 5.13. The van der Waals surface area contributed by atoms with Crippen LogP contribution in [0, 0.1) is 0 Å². The lowest BCUT2D eigenvalue weighted by Gasteiger charge is -2.17. The summed E-state index contributed by atoms with van der Waals surface area (Å²) in [5.74, 6) is 0. The van der Waals surface area contributed by atoms with E-state index in [-0.39, 0.29) is 0 Å². The van der Waals surface area contributed by atoms with Crippen LogP contribution in [-0.4, -0.2) is 11.8 Å².